The van der Waals surface area contributed by atoms with Crippen LogP contribution in [-0.4, -0.2) is 5.78 Å². The van der Waals surface area contributed by atoms with Crippen LogP contribution in [0.25, 0.3) is 0 Å². The Morgan fingerprint density at radius 1 is 1.13 bits per heavy atom. The first-order valence-electron chi connectivity index (χ1n) is 6.27. The molecular weight excluding hydrogens is 184 g/mol. The van der Waals surface area contributed by atoms with E-state index in [1.54, 1.807) is 0 Å². The molecule has 1 nitrogen and oxygen atoms in total. The molecule has 0 radical (unpaired) electrons. The highest BCUT2D eigenvalue weighted by Crippen LogP contribution is 2.35. The lowest BCUT2D eigenvalue weighted by atomic mass is 10.0. The molecule has 0 aromatic rings. The average molecular weight is 204 g/mol. The van der Waals surface area contributed by atoms with Gasteiger partial charge in [0.15, 0.2) is 5.78 Å². The highest BCUT2D eigenvalue weighted by Gasteiger charge is 2.26. The Labute approximate surface area is 92.3 Å². The van der Waals surface area contributed by atoms with Gasteiger partial charge in [0.05, 0.1) is 0 Å². The number of Topliss-reactive ketones (excluding diaryl/α,β-unsaturated/α-hetero) is 1. The van der Waals surface area contributed by atoms with Crippen molar-refractivity contribution in [3.05, 3.63) is 22.8 Å². The number of allylic oxidation sites excluding steroid dienone is 4. The summed E-state index contributed by atoms with van der Waals surface area (Å²) < 4.78 is 0. The maximum absolute atomic E-state index is 12.1. The van der Waals surface area contributed by atoms with Crippen LogP contribution in [-0.2, 0) is 4.79 Å². The molecule has 0 atom stereocenters. The molecule has 2 aliphatic rings. The second-order valence-electron chi connectivity index (χ2n) is 4.64. The molecule has 0 saturated heterocycles. The van der Waals surface area contributed by atoms with Crippen LogP contribution in [0.3, 0.4) is 0 Å². The minimum Gasteiger partial charge on any atom is -0.289 e. The van der Waals surface area contributed by atoms with Gasteiger partial charge in [-0.25, -0.2) is 0 Å². The monoisotopic (exact) mass is 204 g/mol. The topological polar surface area (TPSA) is 17.1 Å². The summed E-state index contributed by atoms with van der Waals surface area (Å²) in [4.78, 5) is 12.1. The molecule has 2 fully saturated rings. The molecule has 0 N–H and O–H groups in total. The molecule has 0 amide bonds. The SMILES string of the molecule is CCCC=C1CCC(=C2CCCC2)C1=O. The third-order valence-corrected chi connectivity index (χ3v) is 3.52. The molecule has 1 heteroatoms. The van der Waals surface area contributed by atoms with Crippen LogP contribution in [0.4, 0.5) is 0 Å². The summed E-state index contributed by atoms with van der Waals surface area (Å²) in [6, 6.07) is 0. The summed E-state index contributed by atoms with van der Waals surface area (Å²) >= 11 is 0. The zero-order chi connectivity index (χ0) is 10.7. The summed E-state index contributed by atoms with van der Waals surface area (Å²) in [6.07, 6.45) is 11.3. The van der Waals surface area contributed by atoms with Crippen molar-refractivity contribution in [2.24, 2.45) is 0 Å². The fourth-order valence-electron chi connectivity index (χ4n) is 2.63. The number of rotatable bonds is 2. The van der Waals surface area contributed by atoms with Crippen molar-refractivity contribution in [1.29, 1.82) is 0 Å². The van der Waals surface area contributed by atoms with Gasteiger partial charge in [0.25, 0.3) is 0 Å². The normalized spacial score (nSPS) is 24.6. The van der Waals surface area contributed by atoms with Gasteiger partial charge in [-0.15, -0.1) is 0 Å². The molecule has 0 bridgehead atoms. The van der Waals surface area contributed by atoms with Gasteiger partial charge in [-0.1, -0.05) is 25.0 Å². The van der Waals surface area contributed by atoms with Gasteiger partial charge in [0, 0.05) is 0 Å². The predicted molar refractivity (Wildman–Crippen MR) is 62.7 cm³/mol. The van der Waals surface area contributed by atoms with Gasteiger partial charge in [-0.2, -0.15) is 0 Å². The van der Waals surface area contributed by atoms with Crippen LogP contribution < -0.4 is 0 Å². The Kier molecular flexibility index (Phi) is 3.40. The molecule has 2 rings (SSSR count). The smallest absolute Gasteiger partial charge is 0.184 e. The number of ketones is 1. The predicted octanol–water partition coefficient (Wildman–Crippen LogP) is 3.95. The number of carbonyl (C=O) groups is 1. The molecule has 82 valence electrons. The molecule has 2 aliphatic carbocycles. The molecule has 0 aliphatic heterocycles. The maximum Gasteiger partial charge on any atom is 0.184 e. The number of carbonyl (C=O) groups excluding carboxylic acids is 1. The lowest BCUT2D eigenvalue weighted by Gasteiger charge is -2.00. The number of hydrogen-bond donors (Lipinski definition) is 0. The molecule has 0 spiro atoms. The first-order chi connectivity index (χ1) is 7.33. The summed E-state index contributed by atoms with van der Waals surface area (Å²) in [5.74, 6) is 0.375. The van der Waals surface area contributed by atoms with E-state index in [4.69, 9.17) is 0 Å². The Hall–Kier alpha value is -0.850. The highest BCUT2D eigenvalue weighted by molar-refractivity contribution is 6.11. The summed E-state index contributed by atoms with van der Waals surface area (Å²) in [5, 5.41) is 0. The van der Waals surface area contributed by atoms with Crippen molar-refractivity contribution in [2.75, 3.05) is 0 Å². The Morgan fingerprint density at radius 3 is 2.53 bits per heavy atom. The van der Waals surface area contributed by atoms with Crippen molar-refractivity contribution in [3.63, 3.8) is 0 Å². The van der Waals surface area contributed by atoms with Crippen LogP contribution in [0.2, 0.25) is 0 Å². The van der Waals surface area contributed by atoms with E-state index in [1.165, 1.54) is 36.8 Å². The van der Waals surface area contributed by atoms with E-state index in [2.05, 4.69) is 13.0 Å². The van der Waals surface area contributed by atoms with Crippen LogP contribution in [0, 0.1) is 0 Å². The Bertz CT molecular complexity index is 312. The maximum atomic E-state index is 12.1. The molecule has 0 heterocycles. The molecule has 0 aromatic carbocycles. The van der Waals surface area contributed by atoms with Crippen LogP contribution in [0.5, 0.6) is 0 Å². The molecule has 0 unspecified atom stereocenters. The van der Waals surface area contributed by atoms with Gasteiger partial charge < -0.3 is 0 Å². The lowest BCUT2D eigenvalue weighted by Crippen LogP contribution is -1.98. The summed E-state index contributed by atoms with van der Waals surface area (Å²) in [6.45, 7) is 2.16. The van der Waals surface area contributed by atoms with Crippen molar-refractivity contribution in [2.45, 2.75) is 58.3 Å². The zero-order valence-electron chi connectivity index (χ0n) is 9.64. The molecule has 0 aromatic heterocycles. The van der Waals surface area contributed by atoms with Crippen molar-refractivity contribution >= 4 is 5.78 Å². The van der Waals surface area contributed by atoms with E-state index in [0.717, 1.165) is 31.3 Å². The lowest BCUT2D eigenvalue weighted by molar-refractivity contribution is -0.111. The van der Waals surface area contributed by atoms with Gasteiger partial charge in [-0.05, 0) is 56.1 Å². The number of unbranched alkanes of at least 4 members (excludes halogenated alkanes) is 1. The Balaban J connectivity index is 2.13. The van der Waals surface area contributed by atoms with Gasteiger partial charge in [0.1, 0.15) is 0 Å². The van der Waals surface area contributed by atoms with Crippen molar-refractivity contribution in [3.8, 4) is 0 Å². The first-order valence-corrected chi connectivity index (χ1v) is 6.27. The van der Waals surface area contributed by atoms with Gasteiger partial charge in [-0.3, -0.25) is 4.79 Å². The number of hydrogen-bond acceptors (Lipinski definition) is 1. The third-order valence-electron chi connectivity index (χ3n) is 3.52. The van der Waals surface area contributed by atoms with Crippen LogP contribution >= 0.6 is 0 Å². The summed E-state index contributed by atoms with van der Waals surface area (Å²) in [7, 11) is 0. The third kappa shape index (κ3) is 2.22. The summed E-state index contributed by atoms with van der Waals surface area (Å²) in [5.41, 5.74) is 3.74. The fraction of sp³-hybridized carbons (Fsp3) is 0.643. The van der Waals surface area contributed by atoms with Crippen molar-refractivity contribution in [1.82, 2.24) is 0 Å². The van der Waals surface area contributed by atoms with Gasteiger partial charge in [0.2, 0.25) is 0 Å². The molecule has 2 saturated carbocycles. The minimum atomic E-state index is 0.375. The highest BCUT2D eigenvalue weighted by atomic mass is 16.1. The average Bonchev–Trinajstić information content (AvgIpc) is 2.84. The quantitative estimate of drug-likeness (QED) is 0.622. The first kappa shape index (κ1) is 10.7. The standard InChI is InChI=1S/C14H20O/c1-2-3-6-12-9-10-13(14(12)15)11-7-4-5-8-11/h6H,2-5,7-10H2,1H3. The van der Waals surface area contributed by atoms with Crippen LogP contribution in [0.15, 0.2) is 22.8 Å². The second-order valence-corrected chi connectivity index (χ2v) is 4.64. The largest absolute Gasteiger partial charge is 0.289 e. The molecule has 15 heavy (non-hydrogen) atoms. The van der Waals surface area contributed by atoms with E-state index < -0.39 is 0 Å². The van der Waals surface area contributed by atoms with E-state index in [-0.39, 0.29) is 0 Å². The van der Waals surface area contributed by atoms with Gasteiger partial charge >= 0.3 is 0 Å². The van der Waals surface area contributed by atoms with E-state index in [1.807, 2.05) is 0 Å². The molecular formula is C14H20O. The fourth-order valence-corrected chi connectivity index (χ4v) is 2.63. The minimum absolute atomic E-state index is 0.375. The van der Waals surface area contributed by atoms with Crippen LogP contribution in [0.1, 0.15) is 58.3 Å². The van der Waals surface area contributed by atoms with Crippen molar-refractivity contribution < 1.29 is 4.79 Å². The zero-order valence-corrected chi connectivity index (χ0v) is 9.64. The van der Waals surface area contributed by atoms with E-state index in [0.29, 0.717) is 5.78 Å². The second kappa shape index (κ2) is 4.78. The van der Waals surface area contributed by atoms with E-state index >= 15 is 0 Å². The van der Waals surface area contributed by atoms with E-state index in [9.17, 15) is 4.79 Å². The Morgan fingerprint density at radius 2 is 1.87 bits per heavy atom.